The lowest BCUT2D eigenvalue weighted by atomic mass is 10.2. The number of carbonyl (C=O) groups excluding carboxylic acids is 1. The van der Waals surface area contributed by atoms with Crippen LogP contribution >= 0.6 is 11.6 Å². The molecule has 1 aliphatic rings. The van der Waals surface area contributed by atoms with Crippen LogP contribution in [0.4, 0.5) is 11.9 Å². The summed E-state index contributed by atoms with van der Waals surface area (Å²) in [6, 6.07) is 7.01. The largest absolute Gasteiger partial charge is 0.347 e. The first kappa shape index (κ1) is 19.4. The van der Waals surface area contributed by atoms with Crippen LogP contribution in [0.3, 0.4) is 0 Å². The smallest absolute Gasteiger partial charge is 0.253 e. The highest BCUT2D eigenvalue weighted by Crippen LogP contribution is 2.20. The molecule has 144 valence electrons. The van der Waals surface area contributed by atoms with Crippen molar-refractivity contribution < 1.29 is 4.79 Å². The summed E-state index contributed by atoms with van der Waals surface area (Å²) in [7, 11) is 3.85. The van der Waals surface area contributed by atoms with Crippen molar-refractivity contribution in [1.29, 1.82) is 0 Å². The van der Waals surface area contributed by atoms with Gasteiger partial charge in [-0.15, -0.1) is 0 Å². The summed E-state index contributed by atoms with van der Waals surface area (Å²) >= 11 is 5.90. The van der Waals surface area contributed by atoms with Gasteiger partial charge in [-0.1, -0.05) is 25.4 Å². The molecule has 0 saturated carbocycles. The number of halogens is 1. The minimum absolute atomic E-state index is 0.0267. The maximum atomic E-state index is 12.7. The van der Waals surface area contributed by atoms with Gasteiger partial charge in [0.1, 0.15) is 5.82 Å². The van der Waals surface area contributed by atoms with Crippen molar-refractivity contribution in [2.24, 2.45) is 0 Å². The lowest BCUT2D eigenvalue weighted by molar-refractivity contribution is 0.0746. The summed E-state index contributed by atoms with van der Waals surface area (Å²) < 4.78 is 0. The molecule has 2 aromatic rings. The summed E-state index contributed by atoms with van der Waals surface area (Å²) in [5.41, 5.74) is 0.657. The third kappa shape index (κ3) is 4.47. The van der Waals surface area contributed by atoms with Crippen molar-refractivity contribution in [3.63, 3.8) is 0 Å². The molecule has 1 fully saturated rings. The molecule has 0 spiro atoms. The lowest BCUT2D eigenvalue weighted by Crippen LogP contribution is -2.49. The van der Waals surface area contributed by atoms with Gasteiger partial charge in [-0.2, -0.15) is 15.0 Å². The third-order valence-electron chi connectivity index (χ3n) is 4.49. The number of nitrogens with zero attached hydrogens (tertiary/aromatic N) is 6. The van der Waals surface area contributed by atoms with Gasteiger partial charge in [-0.05, 0) is 24.3 Å². The fraction of sp³-hybridized carbons (Fsp3) is 0.474. The zero-order valence-electron chi connectivity index (χ0n) is 16.2. The summed E-state index contributed by atoms with van der Waals surface area (Å²) in [4.78, 5) is 32.3. The van der Waals surface area contributed by atoms with Crippen LogP contribution in [0, 0.1) is 0 Å². The normalized spacial score (nSPS) is 14.6. The van der Waals surface area contributed by atoms with Crippen LogP contribution in [0.25, 0.3) is 0 Å². The highest BCUT2D eigenvalue weighted by atomic mass is 35.5. The van der Waals surface area contributed by atoms with Crippen molar-refractivity contribution in [3.8, 4) is 0 Å². The van der Waals surface area contributed by atoms with Crippen molar-refractivity contribution in [1.82, 2.24) is 19.9 Å². The molecule has 2 heterocycles. The standard InChI is InChI=1S/C19H25ClN6O/c1-13(2)16-21-18(24(3)4)23-19(22-16)26-11-9-25(10-12-26)17(27)14-5-7-15(20)8-6-14/h5-8,13H,9-12H2,1-4H3. The Bertz CT molecular complexity index is 774. The fourth-order valence-corrected chi connectivity index (χ4v) is 2.98. The second-order valence-corrected chi connectivity index (χ2v) is 7.57. The molecule has 0 atom stereocenters. The van der Waals surface area contributed by atoms with Gasteiger partial charge in [0, 0.05) is 56.8 Å². The molecule has 3 rings (SSSR count). The molecule has 0 bridgehead atoms. The molecule has 27 heavy (non-hydrogen) atoms. The molecule has 8 heteroatoms. The Labute approximate surface area is 165 Å². The van der Waals surface area contributed by atoms with Gasteiger partial charge in [0.05, 0.1) is 0 Å². The molecule has 1 amide bonds. The van der Waals surface area contributed by atoms with Crippen molar-refractivity contribution in [2.45, 2.75) is 19.8 Å². The molecule has 1 aliphatic heterocycles. The molecule has 1 aromatic heterocycles. The van der Waals surface area contributed by atoms with E-state index in [2.05, 4.69) is 33.7 Å². The number of amides is 1. The number of piperazine rings is 1. The fourth-order valence-electron chi connectivity index (χ4n) is 2.85. The first-order valence-corrected chi connectivity index (χ1v) is 9.46. The number of benzene rings is 1. The number of aromatic nitrogens is 3. The average molecular weight is 389 g/mol. The predicted molar refractivity (Wildman–Crippen MR) is 108 cm³/mol. The monoisotopic (exact) mass is 388 g/mol. The molecule has 0 radical (unpaired) electrons. The van der Waals surface area contributed by atoms with Gasteiger partial charge in [0.2, 0.25) is 11.9 Å². The Morgan fingerprint density at radius 1 is 1.04 bits per heavy atom. The number of carbonyl (C=O) groups is 1. The highest BCUT2D eigenvalue weighted by molar-refractivity contribution is 6.30. The average Bonchev–Trinajstić information content (AvgIpc) is 2.67. The molecule has 1 saturated heterocycles. The first-order chi connectivity index (χ1) is 12.8. The second kappa shape index (κ2) is 8.08. The second-order valence-electron chi connectivity index (χ2n) is 7.13. The number of hydrogen-bond donors (Lipinski definition) is 0. The minimum Gasteiger partial charge on any atom is -0.347 e. The Balaban J connectivity index is 1.72. The Hall–Kier alpha value is -2.41. The minimum atomic E-state index is 0.0267. The van der Waals surface area contributed by atoms with Crippen LogP contribution in [0.2, 0.25) is 5.02 Å². The molecule has 1 aromatic carbocycles. The van der Waals surface area contributed by atoms with Crippen LogP contribution < -0.4 is 9.80 Å². The van der Waals surface area contributed by atoms with Gasteiger partial charge in [-0.3, -0.25) is 4.79 Å². The topological polar surface area (TPSA) is 65.5 Å². The predicted octanol–water partition coefficient (Wildman–Crippen LogP) is 2.68. The van der Waals surface area contributed by atoms with E-state index in [9.17, 15) is 4.79 Å². The van der Waals surface area contributed by atoms with E-state index in [1.54, 1.807) is 24.3 Å². The third-order valence-corrected chi connectivity index (χ3v) is 4.74. The maximum Gasteiger partial charge on any atom is 0.253 e. The van der Waals surface area contributed by atoms with E-state index in [1.165, 1.54) is 0 Å². The molecule has 0 N–H and O–H groups in total. The zero-order valence-corrected chi connectivity index (χ0v) is 16.9. The molecule has 0 unspecified atom stereocenters. The van der Waals surface area contributed by atoms with Crippen LogP contribution in [-0.2, 0) is 0 Å². The quantitative estimate of drug-likeness (QED) is 0.802. The lowest BCUT2D eigenvalue weighted by Gasteiger charge is -2.35. The summed E-state index contributed by atoms with van der Waals surface area (Å²) in [6.07, 6.45) is 0. The van der Waals surface area contributed by atoms with E-state index in [4.69, 9.17) is 11.6 Å². The van der Waals surface area contributed by atoms with Gasteiger partial charge >= 0.3 is 0 Å². The van der Waals surface area contributed by atoms with E-state index in [0.29, 0.717) is 48.7 Å². The van der Waals surface area contributed by atoms with Gasteiger partial charge in [0.15, 0.2) is 0 Å². The SMILES string of the molecule is CC(C)c1nc(N(C)C)nc(N2CCN(C(=O)c3ccc(Cl)cc3)CC2)n1. The van der Waals surface area contributed by atoms with Gasteiger partial charge in [0.25, 0.3) is 5.91 Å². The summed E-state index contributed by atoms with van der Waals surface area (Å²) in [5, 5.41) is 0.629. The van der Waals surface area contributed by atoms with Crippen LogP contribution in [0.15, 0.2) is 24.3 Å². The van der Waals surface area contributed by atoms with E-state index in [0.717, 1.165) is 5.82 Å². The molecular weight excluding hydrogens is 364 g/mol. The number of hydrogen-bond acceptors (Lipinski definition) is 6. The first-order valence-electron chi connectivity index (χ1n) is 9.08. The zero-order chi connectivity index (χ0) is 19.6. The summed E-state index contributed by atoms with van der Waals surface area (Å²) in [5.74, 6) is 2.36. The van der Waals surface area contributed by atoms with Crippen molar-refractivity contribution in [2.75, 3.05) is 50.1 Å². The van der Waals surface area contributed by atoms with Gasteiger partial charge in [-0.25, -0.2) is 0 Å². The highest BCUT2D eigenvalue weighted by Gasteiger charge is 2.24. The molecular formula is C19H25ClN6O. The van der Waals surface area contributed by atoms with E-state index >= 15 is 0 Å². The molecule has 7 nitrogen and oxygen atoms in total. The van der Waals surface area contributed by atoms with E-state index in [1.807, 2.05) is 23.9 Å². The van der Waals surface area contributed by atoms with E-state index in [-0.39, 0.29) is 11.8 Å². The van der Waals surface area contributed by atoms with Crippen LogP contribution in [0.5, 0.6) is 0 Å². The van der Waals surface area contributed by atoms with Crippen LogP contribution in [0.1, 0.15) is 35.9 Å². The maximum absolute atomic E-state index is 12.7. The summed E-state index contributed by atoms with van der Waals surface area (Å²) in [6.45, 7) is 6.77. The van der Waals surface area contributed by atoms with Crippen LogP contribution in [-0.4, -0.2) is 66.0 Å². The Kier molecular flexibility index (Phi) is 5.79. The Morgan fingerprint density at radius 3 is 2.22 bits per heavy atom. The van der Waals surface area contributed by atoms with Crippen molar-refractivity contribution in [3.05, 3.63) is 40.7 Å². The molecule has 0 aliphatic carbocycles. The Morgan fingerprint density at radius 2 is 1.67 bits per heavy atom. The number of anilines is 2. The van der Waals surface area contributed by atoms with Crippen molar-refractivity contribution >= 4 is 29.4 Å². The van der Waals surface area contributed by atoms with E-state index < -0.39 is 0 Å². The van der Waals surface area contributed by atoms with Gasteiger partial charge < -0.3 is 14.7 Å². The number of rotatable bonds is 4.